The summed E-state index contributed by atoms with van der Waals surface area (Å²) in [5.41, 5.74) is 0. The van der Waals surface area contributed by atoms with Crippen LogP contribution in [0.1, 0.15) is 0 Å². The van der Waals surface area contributed by atoms with Gasteiger partial charge >= 0.3 is 16.6 Å². The molecule has 1 aliphatic rings. The molecule has 0 amide bonds. The molecule has 0 aliphatic carbocycles. The van der Waals surface area contributed by atoms with Crippen LogP contribution in [0.15, 0.2) is 0 Å². The largest absolute Gasteiger partial charge is 0.382 e. The Balaban J connectivity index is 3.05. The minimum atomic E-state index is -4.45. The Morgan fingerprint density at radius 2 is 1.64 bits per heavy atom. The highest BCUT2D eigenvalue weighted by atomic mass is 35.5. The Morgan fingerprint density at radius 1 is 1.21 bits per heavy atom. The molecule has 1 radical (unpaired) electrons. The van der Waals surface area contributed by atoms with Gasteiger partial charge in [0, 0.05) is 0 Å². The van der Waals surface area contributed by atoms with Crippen LogP contribution >= 0.6 is 23.2 Å². The number of rotatable bonds is 2. The summed E-state index contributed by atoms with van der Waals surface area (Å²) in [7, 11) is 0. The van der Waals surface area contributed by atoms with Crippen molar-refractivity contribution in [2.75, 3.05) is 6.61 Å². The van der Waals surface area contributed by atoms with Gasteiger partial charge in [-0.2, -0.15) is 17.6 Å². The predicted octanol–water partition coefficient (Wildman–Crippen LogP) is 2.60. The minimum absolute atomic E-state index is 0.537. The van der Waals surface area contributed by atoms with Crippen LogP contribution in [0.2, 0.25) is 0 Å². The molecule has 0 bridgehead atoms. The van der Waals surface area contributed by atoms with Gasteiger partial charge in [-0.25, -0.2) is 0 Å². The third kappa shape index (κ3) is 1.80. The van der Waals surface area contributed by atoms with Crippen LogP contribution in [0.25, 0.3) is 0 Å². The van der Waals surface area contributed by atoms with Crippen LogP contribution in [-0.4, -0.2) is 29.3 Å². The topological polar surface area (TPSA) is 18.5 Å². The van der Waals surface area contributed by atoms with Crippen molar-refractivity contribution in [3.05, 3.63) is 6.92 Å². The second-order valence-electron chi connectivity index (χ2n) is 2.66. The number of hydrogen-bond acceptors (Lipinski definition) is 2. The van der Waals surface area contributed by atoms with Crippen molar-refractivity contribution in [1.29, 1.82) is 0 Å². The predicted molar refractivity (Wildman–Crippen MR) is 40.5 cm³/mol. The van der Waals surface area contributed by atoms with E-state index in [1.165, 1.54) is 0 Å². The Kier molecular flexibility index (Phi) is 2.95. The van der Waals surface area contributed by atoms with Crippen LogP contribution in [0, 0.1) is 6.92 Å². The third-order valence-electron chi connectivity index (χ3n) is 1.55. The Labute approximate surface area is 87.1 Å². The SMILES string of the molecule is [CH2]C1COC(C(F)(F)Cl)(C(F)(F)Cl)O1. The van der Waals surface area contributed by atoms with Gasteiger partial charge in [0.1, 0.15) is 0 Å². The summed E-state index contributed by atoms with van der Waals surface area (Å²) in [6, 6.07) is 0. The lowest BCUT2D eigenvalue weighted by Gasteiger charge is -2.33. The van der Waals surface area contributed by atoms with Gasteiger partial charge in [-0.1, -0.05) is 0 Å². The van der Waals surface area contributed by atoms with Crippen molar-refractivity contribution < 1.29 is 27.0 Å². The lowest BCUT2D eigenvalue weighted by atomic mass is 10.3. The molecule has 0 N–H and O–H groups in total. The number of hydrogen-bond donors (Lipinski definition) is 0. The second kappa shape index (κ2) is 3.37. The molecule has 83 valence electrons. The molecule has 0 aromatic heterocycles. The van der Waals surface area contributed by atoms with Crippen LogP contribution in [0.3, 0.4) is 0 Å². The normalized spacial score (nSPS) is 28.1. The van der Waals surface area contributed by atoms with Crippen LogP contribution in [0.5, 0.6) is 0 Å². The molecule has 1 heterocycles. The molecule has 2 nitrogen and oxygen atoms in total. The molecule has 0 saturated carbocycles. The molecule has 1 saturated heterocycles. The van der Waals surface area contributed by atoms with Crippen molar-refractivity contribution in [3.8, 4) is 0 Å². The smallest absolute Gasteiger partial charge is 0.335 e. The minimum Gasteiger partial charge on any atom is -0.335 e. The van der Waals surface area contributed by atoms with Gasteiger partial charge in [-0.15, -0.1) is 0 Å². The van der Waals surface area contributed by atoms with E-state index >= 15 is 0 Å². The average Bonchev–Trinajstić information content (AvgIpc) is 2.28. The van der Waals surface area contributed by atoms with E-state index in [2.05, 4.69) is 39.6 Å². The molecule has 1 atom stereocenters. The van der Waals surface area contributed by atoms with E-state index in [0.29, 0.717) is 0 Å². The van der Waals surface area contributed by atoms with Crippen molar-refractivity contribution in [2.24, 2.45) is 0 Å². The first-order valence-electron chi connectivity index (χ1n) is 3.38. The molecule has 0 aromatic rings. The summed E-state index contributed by atoms with van der Waals surface area (Å²) in [5.74, 6) is -3.66. The molecule has 14 heavy (non-hydrogen) atoms. The fourth-order valence-corrected chi connectivity index (χ4v) is 1.45. The maximum atomic E-state index is 12.7. The number of ether oxygens (including phenoxy) is 2. The van der Waals surface area contributed by atoms with Crippen LogP contribution in [0.4, 0.5) is 17.6 Å². The fourth-order valence-electron chi connectivity index (χ4n) is 0.971. The van der Waals surface area contributed by atoms with Gasteiger partial charge in [0.2, 0.25) is 0 Å². The zero-order valence-corrected chi connectivity index (χ0v) is 8.09. The molecule has 8 heteroatoms. The highest BCUT2D eigenvalue weighted by Crippen LogP contribution is 2.52. The van der Waals surface area contributed by atoms with Crippen molar-refractivity contribution in [1.82, 2.24) is 0 Å². The summed E-state index contributed by atoms with van der Waals surface area (Å²) >= 11 is 8.94. The van der Waals surface area contributed by atoms with E-state index in [1.54, 1.807) is 0 Å². The van der Waals surface area contributed by atoms with Crippen molar-refractivity contribution in [3.63, 3.8) is 0 Å². The molecule has 1 unspecified atom stereocenters. The molecule has 1 fully saturated rings. The van der Waals surface area contributed by atoms with Crippen LogP contribution < -0.4 is 0 Å². The summed E-state index contributed by atoms with van der Waals surface area (Å²) in [6.45, 7) is 2.59. The quantitative estimate of drug-likeness (QED) is 0.558. The van der Waals surface area contributed by atoms with Crippen molar-refractivity contribution >= 4 is 23.2 Å². The summed E-state index contributed by atoms with van der Waals surface area (Å²) in [4.78, 5) is 0. The zero-order chi connectivity index (χ0) is 11.2. The number of alkyl halides is 6. The molecule has 1 rings (SSSR count). The molecule has 1 aliphatic heterocycles. The monoisotopic (exact) mass is 255 g/mol. The first-order chi connectivity index (χ1) is 6.10. The first kappa shape index (κ1) is 12.3. The van der Waals surface area contributed by atoms with Gasteiger partial charge in [0.15, 0.2) is 0 Å². The lowest BCUT2D eigenvalue weighted by Crippen LogP contribution is -2.57. The Morgan fingerprint density at radius 3 is 1.79 bits per heavy atom. The van der Waals surface area contributed by atoms with Gasteiger partial charge in [-0.3, -0.25) is 0 Å². The summed E-state index contributed by atoms with van der Waals surface area (Å²) < 4.78 is 59.0. The van der Waals surface area contributed by atoms with Gasteiger partial charge in [-0.05, 0) is 30.1 Å². The Bertz CT molecular complexity index is 211. The maximum Gasteiger partial charge on any atom is 0.382 e. The lowest BCUT2D eigenvalue weighted by molar-refractivity contribution is -0.326. The van der Waals surface area contributed by atoms with Crippen LogP contribution in [-0.2, 0) is 9.47 Å². The molecule has 0 spiro atoms. The van der Waals surface area contributed by atoms with Gasteiger partial charge < -0.3 is 9.47 Å². The van der Waals surface area contributed by atoms with E-state index in [9.17, 15) is 17.6 Å². The maximum absolute atomic E-state index is 12.7. The number of halogens is 6. The van der Waals surface area contributed by atoms with Gasteiger partial charge in [0.25, 0.3) is 0 Å². The molecular weight excluding hydrogens is 251 g/mol. The van der Waals surface area contributed by atoms with E-state index in [1.807, 2.05) is 0 Å². The average molecular weight is 256 g/mol. The standard InChI is InChI=1S/C6H5Cl2F4O2/c1-3-2-13-4(14-3,5(7,9)10)6(8,11)12/h3H,1-2H2. The third-order valence-corrected chi connectivity index (χ3v) is 2.05. The molecular formula is C6H5Cl2F4O2. The molecule has 0 aromatic carbocycles. The second-order valence-corrected chi connectivity index (χ2v) is 3.61. The Hall–Kier alpha value is 0.220. The van der Waals surface area contributed by atoms with Gasteiger partial charge in [0.05, 0.1) is 12.7 Å². The summed E-state index contributed by atoms with van der Waals surface area (Å²) in [5, 5.41) is -8.91. The van der Waals surface area contributed by atoms with E-state index in [0.717, 1.165) is 0 Å². The van der Waals surface area contributed by atoms with E-state index in [-0.39, 0.29) is 0 Å². The first-order valence-corrected chi connectivity index (χ1v) is 4.14. The fraction of sp³-hybridized carbons (Fsp3) is 0.833. The van der Waals surface area contributed by atoms with Crippen molar-refractivity contribution in [2.45, 2.75) is 22.7 Å². The summed E-state index contributed by atoms with van der Waals surface area (Å²) in [6.07, 6.45) is -1.18. The highest BCUT2D eigenvalue weighted by Gasteiger charge is 2.73. The highest BCUT2D eigenvalue weighted by molar-refractivity contribution is 6.26. The zero-order valence-electron chi connectivity index (χ0n) is 6.58. The van der Waals surface area contributed by atoms with E-state index < -0.39 is 29.3 Å². The van der Waals surface area contributed by atoms with E-state index in [4.69, 9.17) is 0 Å².